The number of hydrogen-bond acceptors (Lipinski definition) is 5. The molecule has 0 amide bonds. The lowest BCUT2D eigenvalue weighted by Crippen LogP contribution is -2.44. The zero-order chi connectivity index (χ0) is 20.9. The highest BCUT2D eigenvalue weighted by molar-refractivity contribution is 14.0. The predicted molar refractivity (Wildman–Crippen MR) is 127 cm³/mol. The van der Waals surface area contributed by atoms with Gasteiger partial charge in [-0.1, -0.05) is 12.1 Å². The fourth-order valence-corrected chi connectivity index (χ4v) is 3.12. The first-order valence-electron chi connectivity index (χ1n) is 9.65. The largest absolute Gasteiger partial charge is 0.466 e. The summed E-state index contributed by atoms with van der Waals surface area (Å²) in [7, 11) is 0. The highest BCUT2D eigenvalue weighted by atomic mass is 127. The van der Waals surface area contributed by atoms with Crippen molar-refractivity contribution in [3.8, 4) is 5.69 Å². The lowest BCUT2D eigenvalue weighted by atomic mass is 9.96. The van der Waals surface area contributed by atoms with E-state index in [1.807, 2.05) is 51.1 Å². The van der Waals surface area contributed by atoms with Gasteiger partial charge in [-0.25, -0.2) is 14.7 Å². The van der Waals surface area contributed by atoms with Gasteiger partial charge in [-0.05, 0) is 51.5 Å². The summed E-state index contributed by atoms with van der Waals surface area (Å²) in [6, 6.07) is 9.86. The second-order valence-corrected chi connectivity index (χ2v) is 7.16. The van der Waals surface area contributed by atoms with Gasteiger partial charge in [0.25, 0.3) is 0 Å². The van der Waals surface area contributed by atoms with Crippen molar-refractivity contribution in [3.05, 3.63) is 65.6 Å². The molecule has 30 heavy (non-hydrogen) atoms. The van der Waals surface area contributed by atoms with Crippen LogP contribution in [-0.4, -0.2) is 38.9 Å². The number of aliphatic hydroxyl groups is 1. The number of rotatable bonds is 7. The van der Waals surface area contributed by atoms with Gasteiger partial charge in [0, 0.05) is 12.1 Å². The van der Waals surface area contributed by atoms with Crippen molar-refractivity contribution in [2.24, 2.45) is 4.99 Å². The third-order valence-corrected chi connectivity index (χ3v) is 4.60. The third-order valence-electron chi connectivity index (χ3n) is 4.60. The van der Waals surface area contributed by atoms with E-state index in [1.165, 1.54) is 6.33 Å². The first kappa shape index (κ1) is 23.9. The average molecular weight is 524 g/mol. The molecule has 0 fully saturated rings. The summed E-state index contributed by atoms with van der Waals surface area (Å²) < 4.78 is 7.26. The molecule has 3 aromatic rings. The highest BCUT2D eigenvalue weighted by Gasteiger charge is 2.27. The van der Waals surface area contributed by atoms with Crippen LogP contribution in [0, 0.1) is 13.8 Å². The molecule has 0 saturated heterocycles. The smallest absolute Gasteiger partial charge is 0.191 e. The molecule has 2 heterocycles. The fourth-order valence-electron chi connectivity index (χ4n) is 3.12. The van der Waals surface area contributed by atoms with Gasteiger partial charge in [0.15, 0.2) is 5.96 Å². The topological polar surface area (TPSA) is 100 Å². The van der Waals surface area contributed by atoms with Crippen LogP contribution >= 0.6 is 24.0 Å². The van der Waals surface area contributed by atoms with Gasteiger partial charge in [-0.15, -0.1) is 24.0 Å². The number of nitrogens with zero attached hydrogens (tertiary/aromatic N) is 4. The Morgan fingerprint density at radius 1 is 1.23 bits per heavy atom. The minimum atomic E-state index is -1.07. The SMILES string of the molecule is CCNC(=NCc1ccc(-n2cncn2)cc1)NCC(C)(O)c1cc(C)oc1C.I. The van der Waals surface area contributed by atoms with Gasteiger partial charge in [0.2, 0.25) is 0 Å². The van der Waals surface area contributed by atoms with Gasteiger partial charge in [0.05, 0.1) is 18.8 Å². The molecule has 162 valence electrons. The molecule has 0 aliphatic carbocycles. The van der Waals surface area contributed by atoms with Crippen LogP contribution < -0.4 is 10.6 Å². The van der Waals surface area contributed by atoms with E-state index in [0.717, 1.165) is 34.9 Å². The van der Waals surface area contributed by atoms with E-state index < -0.39 is 5.60 Å². The van der Waals surface area contributed by atoms with Crippen LogP contribution in [-0.2, 0) is 12.1 Å². The number of aliphatic imine (C=N–C) groups is 1. The quantitative estimate of drug-likeness (QED) is 0.250. The van der Waals surface area contributed by atoms with Gasteiger partial charge in [-0.3, -0.25) is 0 Å². The maximum absolute atomic E-state index is 10.9. The monoisotopic (exact) mass is 524 g/mol. The number of hydrogen-bond donors (Lipinski definition) is 3. The highest BCUT2D eigenvalue weighted by Crippen LogP contribution is 2.26. The van der Waals surface area contributed by atoms with Crippen molar-refractivity contribution >= 4 is 29.9 Å². The Morgan fingerprint density at radius 2 is 1.97 bits per heavy atom. The van der Waals surface area contributed by atoms with Crippen LogP contribution in [0.2, 0.25) is 0 Å². The summed E-state index contributed by atoms with van der Waals surface area (Å²) in [4.78, 5) is 8.58. The average Bonchev–Trinajstić information content (AvgIpc) is 3.34. The number of nitrogens with one attached hydrogen (secondary N) is 2. The molecule has 3 rings (SSSR count). The summed E-state index contributed by atoms with van der Waals surface area (Å²) in [6.45, 7) is 9.06. The molecule has 1 atom stereocenters. The number of furan rings is 1. The predicted octanol–water partition coefficient (Wildman–Crippen LogP) is 3.06. The van der Waals surface area contributed by atoms with Gasteiger partial charge in [-0.2, -0.15) is 5.10 Å². The van der Waals surface area contributed by atoms with E-state index in [0.29, 0.717) is 19.0 Å². The molecule has 0 saturated carbocycles. The molecule has 0 spiro atoms. The Kier molecular flexibility index (Phi) is 8.42. The van der Waals surface area contributed by atoms with E-state index >= 15 is 0 Å². The summed E-state index contributed by atoms with van der Waals surface area (Å²) in [5.74, 6) is 2.15. The van der Waals surface area contributed by atoms with E-state index in [9.17, 15) is 5.11 Å². The number of aromatic nitrogens is 3. The molecular formula is C21H29IN6O2. The maximum Gasteiger partial charge on any atom is 0.191 e. The number of halogens is 1. The zero-order valence-electron chi connectivity index (χ0n) is 17.7. The Balaban J connectivity index is 0.00000320. The van der Waals surface area contributed by atoms with Crippen molar-refractivity contribution in [1.29, 1.82) is 0 Å². The molecule has 1 unspecified atom stereocenters. The van der Waals surface area contributed by atoms with Crippen molar-refractivity contribution in [2.45, 2.75) is 39.8 Å². The normalized spacial score (nSPS) is 13.4. The Morgan fingerprint density at radius 3 is 2.53 bits per heavy atom. The van der Waals surface area contributed by atoms with Crippen LogP contribution in [0.1, 0.15) is 36.5 Å². The van der Waals surface area contributed by atoms with Crippen LogP contribution in [0.5, 0.6) is 0 Å². The Labute approximate surface area is 193 Å². The summed E-state index contributed by atoms with van der Waals surface area (Å²) in [6.07, 6.45) is 3.17. The molecule has 0 aliphatic rings. The van der Waals surface area contributed by atoms with E-state index in [1.54, 1.807) is 17.9 Å². The lowest BCUT2D eigenvalue weighted by Gasteiger charge is -2.24. The van der Waals surface area contributed by atoms with E-state index in [4.69, 9.17) is 4.42 Å². The number of benzene rings is 1. The van der Waals surface area contributed by atoms with Crippen molar-refractivity contribution < 1.29 is 9.52 Å². The summed E-state index contributed by atoms with van der Waals surface area (Å²) in [5.41, 5.74) is 1.72. The molecule has 9 heteroatoms. The molecule has 0 bridgehead atoms. The Bertz CT molecular complexity index is 949. The second kappa shape index (κ2) is 10.6. The molecule has 0 aliphatic heterocycles. The second-order valence-electron chi connectivity index (χ2n) is 7.16. The molecule has 3 N–H and O–H groups in total. The summed E-state index contributed by atoms with van der Waals surface area (Å²) in [5, 5.41) is 21.4. The first-order chi connectivity index (χ1) is 13.9. The first-order valence-corrected chi connectivity index (χ1v) is 9.65. The standard InChI is InChI=1S/C21H28N6O2.HI/c1-5-23-20(25-12-21(4,28)19-10-15(2)29-16(19)3)24-11-17-6-8-18(9-7-17)27-14-22-13-26-27;/h6-10,13-14,28H,5,11-12H2,1-4H3,(H2,23,24,25);1H. The molecule has 1 aromatic carbocycles. The van der Waals surface area contributed by atoms with Crippen LogP contribution in [0.4, 0.5) is 0 Å². The van der Waals surface area contributed by atoms with Crippen LogP contribution in [0.25, 0.3) is 5.69 Å². The van der Waals surface area contributed by atoms with Crippen LogP contribution in [0.15, 0.2) is 52.4 Å². The molecule has 0 radical (unpaired) electrons. The molecule has 2 aromatic heterocycles. The minimum absolute atomic E-state index is 0. The maximum atomic E-state index is 10.9. The summed E-state index contributed by atoms with van der Waals surface area (Å²) >= 11 is 0. The Hall–Kier alpha value is -2.40. The number of aryl methyl sites for hydroxylation is 2. The fraction of sp³-hybridized carbons (Fsp3) is 0.381. The molecular weight excluding hydrogens is 495 g/mol. The van der Waals surface area contributed by atoms with E-state index in [-0.39, 0.29) is 24.0 Å². The van der Waals surface area contributed by atoms with Gasteiger partial charge >= 0.3 is 0 Å². The zero-order valence-corrected chi connectivity index (χ0v) is 20.0. The third kappa shape index (κ3) is 6.05. The lowest BCUT2D eigenvalue weighted by molar-refractivity contribution is 0.0601. The van der Waals surface area contributed by atoms with Crippen molar-refractivity contribution in [2.75, 3.05) is 13.1 Å². The van der Waals surface area contributed by atoms with Gasteiger partial charge in [0.1, 0.15) is 29.8 Å². The van der Waals surface area contributed by atoms with Crippen molar-refractivity contribution in [3.63, 3.8) is 0 Å². The van der Waals surface area contributed by atoms with Crippen LogP contribution in [0.3, 0.4) is 0 Å². The van der Waals surface area contributed by atoms with Gasteiger partial charge < -0.3 is 20.2 Å². The van der Waals surface area contributed by atoms with Crippen molar-refractivity contribution in [1.82, 2.24) is 25.4 Å². The molecule has 8 nitrogen and oxygen atoms in total. The number of guanidine groups is 1. The minimum Gasteiger partial charge on any atom is -0.466 e. The van der Waals surface area contributed by atoms with E-state index in [2.05, 4.69) is 25.7 Å².